The molecule has 0 aromatic heterocycles. The first kappa shape index (κ1) is 12.3. The van der Waals surface area contributed by atoms with Crippen LogP contribution in [0, 0.1) is 5.92 Å². The molecule has 0 bridgehead atoms. The number of rotatable bonds is 3. The molecule has 1 atom stereocenters. The van der Waals surface area contributed by atoms with Crippen LogP contribution in [0.4, 0.5) is 0 Å². The zero-order valence-corrected chi connectivity index (χ0v) is 11.6. The Kier molecular flexibility index (Phi) is 3.98. The van der Waals surface area contributed by atoms with E-state index in [0.717, 1.165) is 18.6 Å². The summed E-state index contributed by atoms with van der Waals surface area (Å²) in [5.41, 5.74) is 0.251. The van der Waals surface area contributed by atoms with E-state index in [1.807, 2.05) is 0 Å². The molecule has 3 heteroatoms. The summed E-state index contributed by atoms with van der Waals surface area (Å²) in [4.78, 5) is 0. The molecule has 3 aliphatic rings. The van der Waals surface area contributed by atoms with Crippen LogP contribution in [0.15, 0.2) is 0 Å². The second kappa shape index (κ2) is 5.50. The molecule has 0 radical (unpaired) electrons. The zero-order valence-electron chi connectivity index (χ0n) is 10.7. The first-order chi connectivity index (χ1) is 8.36. The number of nitrogens with one attached hydrogen (secondary N) is 1. The Morgan fingerprint density at radius 1 is 1.18 bits per heavy atom. The highest BCUT2D eigenvalue weighted by Gasteiger charge is 2.38. The van der Waals surface area contributed by atoms with Crippen LogP contribution >= 0.6 is 11.8 Å². The van der Waals surface area contributed by atoms with E-state index in [1.165, 1.54) is 63.0 Å². The lowest BCUT2D eigenvalue weighted by Gasteiger charge is -2.44. The second-order valence-corrected chi connectivity index (χ2v) is 7.26. The van der Waals surface area contributed by atoms with Crippen LogP contribution in [-0.4, -0.2) is 36.3 Å². The molecule has 1 aliphatic carbocycles. The number of hydrogen-bond donors (Lipinski definition) is 1. The molecule has 0 amide bonds. The minimum atomic E-state index is 0.251. The molecule has 98 valence electrons. The Labute approximate surface area is 109 Å². The molecule has 1 unspecified atom stereocenters. The Hall–Kier alpha value is 0.270. The van der Waals surface area contributed by atoms with Gasteiger partial charge in [0.15, 0.2) is 0 Å². The van der Waals surface area contributed by atoms with Crippen LogP contribution in [0.1, 0.15) is 44.9 Å². The largest absolute Gasteiger partial charge is 0.375 e. The van der Waals surface area contributed by atoms with Crippen molar-refractivity contribution in [2.75, 3.05) is 24.7 Å². The van der Waals surface area contributed by atoms with Crippen molar-refractivity contribution in [2.24, 2.45) is 5.92 Å². The number of ether oxygens (including phenoxy) is 1. The summed E-state index contributed by atoms with van der Waals surface area (Å²) in [6.07, 6.45) is 9.41. The van der Waals surface area contributed by atoms with Crippen LogP contribution in [0.5, 0.6) is 0 Å². The van der Waals surface area contributed by atoms with E-state index < -0.39 is 0 Å². The van der Waals surface area contributed by atoms with Gasteiger partial charge in [-0.05, 0) is 62.5 Å². The minimum Gasteiger partial charge on any atom is -0.375 e. The molecule has 17 heavy (non-hydrogen) atoms. The summed E-state index contributed by atoms with van der Waals surface area (Å²) in [5.74, 6) is 3.58. The van der Waals surface area contributed by atoms with E-state index in [9.17, 15) is 0 Å². The summed E-state index contributed by atoms with van der Waals surface area (Å²) in [7, 11) is 0. The fraction of sp³-hybridized carbons (Fsp3) is 1.00. The van der Waals surface area contributed by atoms with Gasteiger partial charge in [-0.3, -0.25) is 0 Å². The van der Waals surface area contributed by atoms with Crippen molar-refractivity contribution >= 4 is 11.8 Å². The van der Waals surface area contributed by atoms with E-state index in [2.05, 4.69) is 17.1 Å². The molecule has 2 aliphatic heterocycles. The number of thioether (sulfide) groups is 1. The quantitative estimate of drug-likeness (QED) is 0.838. The van der Waals surface area contributed by atoms with Gasteiger partial charge in [0.05, 0.1) is 5.60 Å². The Bertz CT molecular complexity index is 243. The van der Waals surface area contributed by atoms with Crippen molar-refractivity contribution in [1.82, 2.24) is 5.32 Å². The van der Waals surface area contributed by atoms with Gasteiger partial charge < -0.3 is 10.1 Å². The molecule has 2 saturated heterocycles. The van der Waals surface area contributed by atoms with E-state index in [4.69, 9.17) is 4.74 Å². The molecular weight excluding hydrogens is 230 g/mol. The highest BCUT2D eigenvalue weighted by Crippen LogP contribution is 2.37. The summed E-state index contributed by atoms with van der Waals surface area (Å²) in [6.45, 7) is 2.24. The fourth-order valence-corrected chi connectivity index (χ4v) is 4.56. The summed E-state index contributed by atoms with van der Waals surface area (Å²) in [6, 6.07) is 0.729. The highest BCUT2D eigenvalue weighted by atomic mass is 32.2. The average Bonchev–Trinajstić information content (AvgIpc) is 2.28. The van der Waals surface area contributed by atoms with Crippen molar-refractivity contribution in [3.63, 3.8) is 0 Å². The van der Waals surface area contributed by atoms with Gasteiger partial charge in [0, 0.05) is 12.6 Å². The minimum absolute atomic E-state index is 0.251. The Morgan fingerprint density at radius 2 is 2.00 bits per heavy atom. The molecule has 1 spiro atoms. The lowest BCUT2D eigenvalue weighted by atomic mass is 9.83. The molecule has 1 saturated carbocycles. The predicted molar refractivity (Wildman–Crippen MR) is 73.6 cm³/mol. The van der Waals surface area contributed by atoms with Gasteiger partial charge in [-0.1, -0.05) is 6.42 Å². The predicted octanol–water partition coefficient (Wildman–Crippen LogP) is 2.82. The SMILES string of the molecule is C1CC(CNC2CCOC3(CCSCC3)C2)C1. The van der Waals surface area contributed by atoms with Gasteiger partial charge in [0.1, 0.15) is 0 Å². The maximum absolute atomic E-state index is 6.13. The van der Waals surface area contributed by atoms with Crippen LogP contribution < -0.4 is 5.32 Å². The Balaban J connectivity index is 1.48. The third kappa shape index (κ3) is 2.99. The van der Waals surface area contributed by atoms with Gasteiger partial charge in [-0.2, -0.15) is 11.8 Å². The summed E-state index contributed by atoms with van der Waals surface area (Å²) >= 11 is 2.09. The summed E-state index contributed by atoms with van der Waals surface area (Å²) < 4.78 is 6.13. The van der Waals surface area contributed by atoms with E-state index in [0.29, 0.717) is 0 Å². The molecule has 3 fully saturated rings. The Morgan fingerprint density at radius 3 is 2.71 bits per heavy atom. The summed E-state index contributed by atoms with van der Waals surface area (Å²) in [5, 5.41) is 3.81. The third-order valence-electron chi connectivity index (χ3n) is 4.82. The van der Waals surface area contributed by atoms with Crippen molar-refractivity contribution in [3.8, 4) is 0 Å². The van der Waals surface area contributed by atoms with E-state index in [-0.39, 0.29) is 5.60 Å². The second-order valence-electron chi connectivity index (χ2n) is 6.04. The first-order valence-electron chi connectivity index (χ1n) is 7.31. The van der Waals surface area contributed by atoms with Crippen LogP contribution in [0.3, 0.4) is 0 Å². The molecule has 2 heterocycles. The van der Waals surface area contributed by atoms with Gasteiger partial charge in [0.25, 0.3) is 0 Å². The van der Waals surface area contributed by atoms with Gasteiger partial charge in [-0.25, -0.2) is 0 Å². The van der Waals surface area contributed by atoms with Crippen molar-refractivity contribution in [1.29, 1.82) is 0 Å². The maximum Gasteiger partial charge on any atom is 0.0713 e. The van der Waals surface area contributed by atoms with Gasteiger partial charge >= 0.3 is 0 Å². The maximum atomic E-state index is 6.13. The monoisotopic (exact) mass is 255 g/mol. The van der Waals surface area contributed by atoms with Crippen molar-refractivity contribution < 1.29 is 4.74 Å². The third-order valence-corrected chi connectivity index (χ3v) is 5.80. The molecule has 0 aromatic rings. The molecular formula is C14H25NOS. The molecule has 1 N–H and O–H groups in total. The first-order valence-corrected chi connectivity index (χ1v) is 8.47. The van der Waals surface area contributed by atoms with Crippen LogP contribution in [-0.2, 0) is 4.74 Å². The number of hydrogen-bond acceptors (Lipinski definition) is 3. The fourth-order valence-electron chi connectivity index (χ4n) is 3.32. The van der Waals surface area contributed by atoms with Gasteiger partial charge in [0.2, 0.25) is 0 Å². The zero-order chi connectivity index (χ0) is 11.6. The van der Waals surface area contributed by atoms with Crippen molar-refractivity contribution in [2.45, 2.75) is 56.6 Å². The van der Waals surface area contributed by atoms with Crippen molar-refractivity contribution in [3.05, 3.63) is 0 Å². The van der Waals surface area contributed by atoms with E-state index >= 15 is 0 Å². The van der Waals surface area contributed by atoms with Crippen LogP contribution in [0.25, 0.3) is 0 Å². The average molecular weight is 255 g/mol. The lowest BCUT2D eigenvalue weighted by Crippen LogP contribution is -2.49. The van der Waals surface area contributed by atoms with E-state index in [1.54, 1.807) is 0 Å². The molecule has 0 aromatic carbocycles. The standard InChI is InChI=1S/C14H25NOS/c1-2-12(3-1)11-15-13-4-7-16-14(10-13)5-8-17-9-6-14/h12-13,15H,1-11H2. The van der Waals surface area contributed by atoms with Gasteiger partial charge in [-0.15, -0.1) is 0 Å². The normalized spacial score (nSPS) is 33.5. The highest BCUT2D eigenvalue weighted by molar-refractivity contribution is 7.99. The smallest absolute Gasteiger partial charge is 0.0713 e. The van der Waals surface area contributed by atoms with Crippen LogP contribution in [0.2, 0.25) is 0 Å². The molecule has 2 nitrogen and oxygen atoms in total. The lowest BCUT2D eigenvalue weighted by molar-refractivity contribution is -0.0936. The molecule has 3 rings (SSSR count). The topological polar surface area (TPSA) is 21.3 Å².